The minimum absolute atomic E-state index is 0.0632. The first-order valence-electron chi connectivity index (χ1n) is 10.9. The monoisotopic (exact) mass is 400 g/mol. The third kappa shape index (κ3) is 5.48. The van der Waals surface area contributed by atoms with E-state index in [2.05, 4.69) is 10.2 Å². The van der Waals surface area contributed by atoms with Crippen LogP contribution in [0.3, 0.4) is 0 Å². The van der Waals surface area contributed by atoms with E-state index in [-0.39, 0.29) is 17.9 Å². The summed E-state index contributed by atoms with van der Waals surface area (Å²) in [4.78, 5) is 32.1. The van der Waals surface area contributed by atoms with E-state index in [4.69, 9.17) is 4.74 Å². The van der Waals surface area contributed by atoms with Crippen molar-refractivity contribution in [1.29, 1.82) is 0 Å². The van der Waals surface area contributed by atoms with Crippen molar-refractivity contribution in [2.24, 2.45) is 5.92 Å². The van der Waals surface area contributed by atoms with Crippen LogP contribution in [-0.4, -0.2) is 92.2 Å². The average Bonchev–Trinajstić information content (AvgIpc) is 3.59. The van der Waals surface area contributed by atoms with Crippen LogP contribution in [0.15, 0.2) is 30.3 Å². The molecule has 0 radical (unpaired) electrons. The van der Waals surface area contributed by atoms with Crippen LogP contribution in [0.4, 0.5) is 4.79 Å². The summed E-state index contributed by atoms with van der Waals surface area (Å²) in [5.41, 5.74) is 0.943. The molecule has 1 saturated carbocycles. The first-order chi connectivity index (χ1) is 14.2. The van der Waals surface area contributed by atoms with Crippen molar-refractivity contribution in [2.75, 3.05) is 65.6 Å². The molecule has 1 N–H and O–H groups in total. The minimum atomic E-state index is -0.366. The molecule has 1 aliphatic carbocycles. The molecule has 1 atom stereocenters. The van der Waals surface area contributed by atoms with Crippen LogP contribution in [0.25, 0.3) is 0 Å². The van der Waals surface area contributed by atoms with Crippen LogP contribution < -0.4 is 5.32 Å². The highest BCUT2D eigenvalue weighted by Crippen LogP contribution is 2.29. The van der Waals surface area contributed by atoms with E-state index >= 15 is 0 Å². The summed E-state index contributed by atoms with van der Waals surface area (Å²) in [6.45, 7) is 7.27. The maximum Gasteiger partial charge on any atom is 0.317 e. The molecular formula is C22H32N4O3. The highest BCUT2D eigenvalue weighted by molar-refractivity contribution is 5.85. The Morgan fingerprint density at radius 3 is 2.31 bits per heavy atom. The summed E-state index contributed by atoms with van der Waals surface area (Å²) < 4.78 is 5.38. The number of carbonyl (C=O) groups excluding carboxylic acids is 2. The van der Waals surface area contributed by atoms with Crippen molar-refractivity contribution < 1.29 is 14.3 Å². The van der Waals surface area contributed by atoms with Gasteiger partial charge in [-0.25, -0.2) is 4.79 Å². The number of carbonyl (C=O) groups is 2. The number of hydrogen-bond acceptors (Lipinski definition) is 4. The zero-order valence-corrected chi connectivity index (χ0v) is 17.1. The number of hydrogen-bond donors (Lipinski definition) is 1. The second-order valence-corrected chi connectivity index (χ2v) is 8.32. The van der Waals surface area contributed by atoms with E-state index in [1.54, 1.807) is 0 Å². The molecule has 7 heteroatoms. The average molecular weight is 401 g/mol. The molecule has 0 aromatic heterocycles. The fourth-order valence-electron chi connectivity index (χ4n) is 4.14. The number of morpholine rings is 1. The number of nitrogens with zero attached hydrogens (tertiary/aromatic N) is 3. The van der Waals surface area contributed by atoms with Gasteiger partial charge in [-0.1, -0.05) is 30.3 Å². The second-order valence-electron chi connectivity index (χ2n) is 8.32. The first-order valence-corrected chi connectivity index (χ1v) is 10.9. The van der Waals surface area contributed by atoms with Crippen LogP contribution in [0.1, 0.15) is 24.3 Å². The Kier molecular flexibility index (Phi) is 6.67. The number of rotatable bonds is 6. The lowest BCUT2D eigenvalue weighted by Gasteiger charge is -2.35. The minimum Gasteiger partial charge on any atom is -0.378 e. The lowest BCUT2D eigenvalue weighted by molar-refractivity contribution is -0.136. The third-order valence-electron chi connectivity index (χ3n) is 6.15. The van der Waals surface area contributed by atoms with Crippen molar-refractivity contribution in [2.45, 2.75) is 18.8 Å². The summed E-state index contributed by atoms with van der Waals surface area (Å²) in [5, 5.41) is 3.03. The van der Waals surface area contributed by atoms with E-state index in [1.807, 2.05) is 40.1 Å². The van der Waals surface area contributed by atoms with Gasteiger partial charge in [-0.15, -0.1) is 0 Å². The van der Waals surface area contributed by atoms with Gasteiger partial charge in [0, 0.05) is 52.4 Å². The van der Waals surface area contributed by atoms with E-state index in [0.717, 1.165) is 37.7 Å². The molecule has 0 spiro atoms. The lowest BCUT2D eigenvalue weighted by atomic mass is 9.97. The molecule has 4 rings (SSSR count). The van der Waals surface area contributed by atoms with Gasteiger partial charge in [0.2, 0.25) is 5.91 Å². The van der Waals surface area contributed by atoms with Crippen molar-refractivity contribution >= 4 is 11.9 Å². The Bertz CT molecular complexity index is 681. The third-order valence-corrected chi connectivity index (χ3v) is 6.15. The van der Waals surface area contributed by atoms with E-state index in [1.165, 1.54) is 19.4 Å². The smallest absolute Gasteiger partial charge is 0.317 e. The first kappa shape index (κ1) is 20.2. The van der Waals surface area contributed by atoms with E-state index in [0.29, 0.717) is 32.8 Å². The number of amides is 3. The van der Waals surface area contributed by atoms with Crippen LogP contribution in [0.2, 0.25) is 0 Å². The molecule has 2 aliphatic heterocycles. The highest BCUT2D eigenvalue weighted by Gasteiger charge is 2.30. The van der Waals surface area contributed by atoms with E-state index < -0.39 is 0 Å². The quantitative estimate of drug-likeness (QED) is 0.783. The summed E-state index contributed by atoms with van der Waals surface area (Å²) in [7, 11) is 0. The van der Waals surface area contributed by atoms with Crippen LogP contribution in [-0.2, 0) is 9.53 Å². The van der Waals surface area contributed by atoms with Crippen molar-refractivity contribution in [1.82, 2.24) is 20.0 Å². The van der Waals surface area contributed by atoms with Crippen molar-refractivity contribution in [3.8, 4) is 0 Å². The van der Waals surface area contributed by atoms with Gasteiger partial charge in [-0.3, -0.25) is 9.69 Å². The van der Waals surface area contributed by atoms with Gasteiger partial charge in [0.15, 0.2) is 0 Å². The molecular weight excluding hydrogens is 368 g/mol. The van der Waals surface area contributed by atoms with Crippen molar-refractivity contribution in [3.63, 3.8) is 0 Å². The van der Waals surface area contributed by atoms with Gasteiger partial charge >= 0.3 is 6.03 Å². The summed E-state index contributed by atoms with van der Waals surface area (Å²) in [6.07, 6.45) is 2.72. The molecule has 2 heterocycles. The fourth-order valence-corrected chi connectivity index (χ4v) is 4.14. The van der Waals surface area contributed by atoms with E-state index in [9.17, 15) is 9.59 Å². The van der Waals surface area contributed by atoms with Crippen LogP contribution in [0, 0.1) is 5.92 Å². The SMILES string of the molecule is O=C(NCC(C(=O)N1CCOCC1)c1ccccc1)N1CCN(CC2CC2)CC1. The van der Waals surface area contributed by atoms with Crippen LogP contribution >= 0.6 is 0 Å². The molecule has 158 valence electrons. The molecule has 1 aromatic carbocycles. The normalized spacial score (nSPS) is 21.7. The number of nitrogens with one attached hydrogen (secondary N) is 1. The maximum absolute atomic E-state index is 13.1. The summed E-state index contributed by atoms with van der Waals surface area (Å²) in [5.74, 6) is 0.580. The molecule has 29 heavy (non-hydrogen) atoms. The Morgan fingerprint density at radius 2 is 1.66 bits per heavy atom. The predicted octanol–water partition coefficient (Wildman–Crippen LogP) is 1.37. The molecule has 2 saturated heterocycles. The Labute approximate surface area is 173 Å². The summed E-state index contributed by atoms with van der Waals surface area (Å²) in [6, 6.07) is 9.69. The molecule has 3 fully saturated rings. The Balaban J connectivity index is 1.32. The number of ether oxygens (including phenoxy) is 1. The lowest BCUT2D eigenvalue weighted by Crippen LogP contribution is -2.53. The predicted molar refractivity (Wildman–Crippen MR) is 111 cm³/mol. The zero-order chi connectivity index (χ0) is 20.1. The van der Waals surface area contributed by atoms with Crippen molar-refractivity contribution in [3.05, 3.63) is 35.9 Å². The maximum atomic E-state index is 13.1. The number of benzene rings is 1. The molecule has 3 aliphatic rings. The fraction of sp³-hybridized carbons (Fsp3) is 0.636. The molecule has 7 nitrogen and oxygen atoms in total. The number of urea groups is 1. The Hall–Kier alpha value is -2.12. The van der Waals surface area contributed by atoms with Gasteiger partial charge in [0.1, 0.15) is 0 Å². The molecule has 3 amide bonds. The Morgan fingerprint density at radius 1 is 0.966 bits per heavy atom. The van der Waals surface area contributed by atoms with Gasteiger partial charge in [0.25, 0.3) is 0 Å². The van der Waals surface area contributed by atoms with Gasteiger partial charge in [-0.05, 0) is 24.3 Å². The van der Waals surface area contributed by atoms with Gasteiger partial charge in [-0.2, -0.15) is 0 Å². The largest absolute Gasteiger partial charge is 0.378 e. The second kappa shape index (κ2) is 9.59. The molecule has 0 bridgehead atoms. The standard InChI is InChI=1S/C22H32N4O3/c27-21(25-12-14-29-15-13-25)20(19-4-2-1-3-5-19)16-23-22(28)26-10-8-24(9-11-26)17-18-6-7-18/h1-5,18,20H,6-17H2,(H,23,28). The molecule has 1 unspecified atom stereocenters. The van der Waals surface area contributed by atoms with Crippen LogP contribution in [0.5, 0.6) is 0 Å². The molecule has 1 aromatic rings. The number of piperazine rings is 1. The zero-order valence-electron chi connectivity index (χ0n) is 17.1. The highest BCUT2D eigenvalue weighted by atomic mass is 16.5. The van der Waals surface area contributed by atoms with Gasteiger partial charge < -0.3 is 19.9 Å². The topological polar surface area (TPSA) is 65.1 Å². The van der Waals surface area contributed by atoms with Gasteiger partial charge in [0.05, 0.1) is 19.1 Å². The summed E-state index contributed by atoms with van der Waals surface area (Å²) >= 11 is 0.